The Balaban J connectivity index is 2.17. The fraction of sp³-hybridized carbons (Fsp3) is 0.214. The van der Waals surface area contributed by atoms with E-state index in [4.69, 9.17) is 5.73 Å². The number of Topliss-reactive ketones (excluding diaryl/α,β-unsaturated/α-hetero) is 1. The molecule has 2 rings (SSSR count). The maximum absolute atomic E-state index is 12.2. The van der Waals surface area contributed by atoms with E-state index in [0.29, 0.717) is 29.4 Å². The highest BCUT2D eigenvalue weighted by molar-refractivity contribution is 7.14. The zero-order valence-corrected chi connectivity index (χ0v) is 11.9. The van der Waals surface area contributed by atoms with Crippen LogP contribution in [0.25, 0.3) is 0 Å². The second-order valence-corrected chi connectivity index (χ2v) is 5.10. The largest absolute Gasteiger partial charge is 0.330 e. The molecule has 1 amide bonds. The van der Waals surface area contributed by atoms with Gasteiger partial charge < -0.3 is 5.73 Å². The van der Waals surface area contributed by atoms with Crippen LogP contribution in [0.4, 0.5) is 5.13 Å². The maximum atomic E-state index is 12.2. The lowest BCUT2D eigenvalue weighted by Gasteiger charge is -2.07. The van der Waals surface area contributed by atoms with Gasteiger partial charge in [0.2, 0.25) is 0 Å². The van der Waals surface area contributed by atoms with E-state index in [1.54, 1.807) is 17.5 Å². The van der Waals surface area contributed by atoms with Gasteiger partial charge in [-0.3, -0.25) is 14.9 Å². The monoisotopic (exact) mass is 289 g/mol. The smallest absolute Gasteiger partial charge is 0.257 e. The first-order valence-electron chi connectivity index (χ1n) is 6.17. The number of benzene rings is 1. The van der Waals surface area contributed by atoms with Gasteiger partial charge in [-0.05, 0) is 24.6 Å². The van der Waals surface area contributed by atoms with Gasteiger partial charge in [-0.2, -0.15) is 0 Å². The fourth-order valence-corrected chi connectivity index (χ4v) is 2.52. The molecule has 0 fully saturated rings. The summed E-state index contributed by atoms with van der Waals surface area (Å²) in [5, 5.41) is 4.76. The van der Waals surface area contributed by atoms with E-state index in [1.165, 1.54) is 18.3 Å². The number of nitrogens with one attached hydrogen (secondary N) is 1. The number of carbonyl (C=O) groups is 2. The molecular weight excluding hydrogens is 274 g/mol. The van der Waals surface area contributed by atoms with Gasteiger partial charge in [0.1, 0.15) is 5.69 Å². The molecule has 20 heavy (non-hydrogen) atoms. The third-order valence-corrected chi connectivity index (χ3v) is 3.52. The summed E-state index contributed by atoms with van der Waals surface area (Å²) in [5.74, 6) is -0.358. The van der Waals surface area contributed by atoms with Crippen LogP contribution in [0, 0.1) is 0 Å². The Bertz CT molecular complexity index is 637. The van der Waals surface area contributed by atoms with E-state index in [0.717, 1.165) is 5.56 Å². The molecule has 0 aliphatic heterocycles. The fourth-order valence-electron chi connectivity index (χ4n) is 1.77. The topological polar surface area (TPSA) is 85.1 Å². The summed E-state index contributed by atoms with van der Waals surface area (Å²) in [6.07, 6.45) is 0.639. The Labute approximate surface area is 120 Å². The molecule has 0 aliphatic rings. The summed E-state index contributed by atoms with van der Waals surface area (Å²) in [7, 11) is 0. The van der Waals surface area contributed by atoms with Gasteiger partial charge in [-0.1, -0.05) is 18.2 Å². The van der Waals surface area contributed by atoms with Gasteiger partial charge in [0, 0.05) is 17.9 Å². The van der Waals surface area contributed by atoms with Gasteiger partial charge in [-0.25, -0.2) is 4.98 Å². The lowest BCUT2D eigenvalue weighted by atomic mass is 10.0. The molecule has 0 saturated heterocycles. The van der Waals surface area contributed by atoms with Gasteiger partial charge >= 0.3 is 0 Å². The summed E-state index contributed by atoms with van der Waals surface area (Å²) in [4.78, 5) is 27.5. The summed E-state index contributed by atoms with van der Waals surface area (Å²) < 4.78 is 0. The van der Waals surface area contributed by atoms with Crippen molar-refractivity contribution >= 4 is 28.2 Å². The SMILES string of the molecule is CC(=O)c1csc(NC(=O)c2ccccc2CCN)n1. The van der Waals surface area contributed by atoms with Crippen LogP contribution in [0.5, 0.6) is 0 Å². The number of thiazole rings is 1. The molecular formula is C14H15N3O2S. The molecule has 104 valence electrons. The van der Waals surface area contributed by atoms with Crippen LogP contribution in [0.2, 0.25) is 0 Å². The minimum Gasteiger partial charge on any atom is -0.330 e. The summed E-state index contributed by atoms with van der Waals surface area (Å²) in [6, 6.07) is 7.31. The van der Waals surface area contributed by atoms with Crippen LogP contribution >= 0.6 is 11.3 Å². The highest BCUT2D eigenvalue weighted by atomic mass is 32.1. The second kappa shape index (κ2) is 6.40. The van der Waals surface area contributed by atoms with E-state index >= 15 is 0 Å². The van der Waals surface area contributed by atoms with Crippen molar-refractivity contribution in [1.29, 1.82) is 0 Å². The number of anilines is 1. The van der Waals surface area contributed by atoms with Crippen LogP contribution in [0.15, 0.2) is 29.6 Å². The highest BCUT2D eigenvalue weighted by Crippen LogP contribution is 2.18. The Morgan fingerprint density at radius 1 is 1.35 bits per heavy atom. The molecule has 1 heterocycles. The number of aromatic nitrogens is 1. The lowest BCUT2D eigenvalue weighted by Crippen LogP contribution is -2.16. The number of rotatable bonds is 5. The molecule has 1 aromatic carbocycles. The maximum Gasteiger partial charge on any atom is 0.257 e. The lowest BCUT2D eigenvalue weighted by molar-refractivity contribution is 0.100. The van der Waals surface area contributed by atoms with Crippen molar-refractivity contribution in [2.75, 3.05) is 11.9 Å². The Kier molecular flexibility index (Phi) is 4.60. The molecule has 0 unspecified atom stereocenters. The van der Waals surface area contributed by atoms with Crippen LogP contribution in [-0.2, 0) is 6.42 Å². The van der Waals surface area contributed by atoms with E-state index in [1.807, 2.05) is 12.1 Å². The number of amides is 1. The molecule has 0 radical (unpaired) electrons. The molecule has 6 heteroatoms. The van der Waals surface area contributed by atoms with Crippen LogP contribution in [-0.4, -0.2) is 23.2 Å². The molecule has 0 atom stereocenters. The quantitative estimate of drug-likeness (QED) is 0.825. The van der Waals surface area contributed by atoms with Gasteiger partial charge in [0.05, 0.1) is 0 Å². The first-order chi connectivity index (χ1) is 9.61. The summed E-state index contributed by atoms with van der Waals surface area (Å²) in [6.45, 7) is 1.92. The number of carbonyl (C=O) groups excluding carboxylic acids is 2. The zero-order chi connectivity index (χ0) is 14.5. The molecule has 0 saturated carbocycles. The Morgan fingerprint density at radius 2 is 2.10 bits per heavy atom. The number of hydrogen-bond donors (Lipinski definition) is 2. The first kappa shape index (κ1) is 14.4. The standard InChI is InChI=1S/C14H15N3O2S/c1-9(18)12-8-20-14(16-12)17-13(19)11-5-3-2-4-10(11)6-7-15/h2-5,8H,6-7,15H2,1H3,(H,16,17,19). The molecule has 0 aliphatic carbocycles. The van der Waals surface area contributed by atoms with Crippen molar-refractivity contribution in [3.8, 4) is 0 Å². The minimum atomic E-state index is -0.237. The number of ketones is 1. The predicted molar refractivity (Wildman–Crippen MR) is 79.3 cm³/mol. The third-order valence-electron chi connectivity index (χ3n) is 2.76. The first-order valence-corrected chi connectivity index (χ1v) is 7.05. The molecule has 1 aromatic heterocycles. The highest BCUT2D eigenvalue weighted by Gasteiger charge is 2.13. The number of nitrogens with two attached hydrogens (primary N) is 1. The van der Waals surface area contributed by atoms with E-state index in [9.17, 15) is 9.59 Å². The summed E-state index contributed by atoms with van der Waals surface area (Å²) >= 11 is 1.23. The van der Waals surface area contributed by atoms with Crippen LogP contribution in [0.1, 0.15) is 33.3 Å². The van der Waals surface area contributed by atoms with Crippen molar-refractivity contribution in [1.82, 2.24) is 4.98 Å². The molecule has 3 N–H and O–H groups in total. The van der Waals surface area contributed by atoms with Crippen molar-refractivity contribution in [3.63, 3.8) is 0 Å². The van der Waals surface area contributed by atoms with Gasteiger partial charge in [0.25, 0.3) is 5.91 Å². The van der Waals surface area contributed by atoms with E-state index < -0.39 is 0 Å². The molecule has 0 spiro atoms. The Hall–Kier alpha value is -2.05. The minimum absolute atomic E-state index is 0.120. The number of hydrogen-bond acceptors (Lipinski definition) is 5. The second-order valence-electron chi connectivity index (χ2n) is 4.24. The van der Waals surface area contributed by atoms with Crippen molar-refractivity contribution < 1.29 is 9.59 Å². The average Bonchev–Trinajstić information content (AvgIpc) is 2.88. The van der Waals surface area contributed by atoms with Crippen molar-refractivity contribution in [3.05, 3.63) is 46.5 Å². The van der Waals surface area contributed by atoms with E-state index in [-0.39, 0.29) is 11.7 Å². The molecule has 2 aromatic rings. The normalized spacial score (nSPS) is 10.3. The third kappa shape index (κ3) is 3.28. The van der Waals surface area contributed by atoms with Gasteiger partial charge in [0.15, 0.2) is 10.9 Å². The Morgan fingerprint density at radius 3 is 2.75 bits per heavy atom. The van der Waals surface area contributed by atoms with Crippen LogP contribution in [0.3, 0.4) is 0 Å². The van der Waals surface area contributed by atoms with Crippen LogP contribution < -0.4 is 11.1 Å². The van der Waals surface area contributed by atoms with E-state index in [2.05, 4.69) is 10.3 Å². The van der Waals surface area contributed by atoms with Gasteiger partial charge in [-0.15, -0.1) is 11.3 Å². The predicted octanol–water partition coefficient (Wildman–Crippen LogP) is 2.10. The number of nitrogens with zero attached hydrogens (tertiary/aromatic N) is 1. The van der Waals surface area contributed by atoms with Crippen molar-refractivity contribution in [2.45, 2.75) is 13.3 Å². The average molecular weight is 289 g/mol. The van der Waals surface area contributed by atoms with Crippen molar-refractivity contribution in [2.24, 2.45) is 5.73 Å². The summed E-state index contributed by atoms with van der Waals surface area (Å²) in [5.41, 5.74) is 7.38. The zero-order valence-electron chi connectivity index (χ0n) is 11.1. The molecule has 0 bridgehead atoms. The molecule has 5 nitrogen and oxygen atoms in total.